The third-order valence-electron chi connectivity index (χ3n) is 4.12. The van der Waals surface area contributed by atoms with Crippen LogP contribution >= 0.6 is 0 Å². The van der Waals surface area contributed by atoms with Crippen molar-refractivity contribution < 1.29 is 0 Å². The molecule has 1 aliphatic heterocycles. The van der Waals surface area contributed by atoms with E-state index in [0.29, 0.717) is 0 Å². The maximum absolute atomic E-state index is 3.94. The van der Waals surface area contributed by atoms with Crippen LogP contribution in [0.15, 0.2) is 30.5 Å². The molecule has 1 fully saturated rings. The van der Waals surface area contributed by atoms with Crippen LogP contribution in [0.5, 0.6) is 0 Å². The Labute approximate surface area is 109 Å². The van der Waals surface area contributed by atoms with Gasteiger partial charge in [0.1, 0.15) is 0 Å². The molecule has 1 aromatic heterocycles. The molecule has 2 nitrogen and oxygen atoms in total. The third-order valence-corrected chi connectivity index (χ3v) is 4.12. The number of aromatic nitrogens is 1. The first-order valence-electron chi connectivity index (χ1n) is 6.96. The smallest absolute Gasteiger partial charge is 0.0456 e. The summed E-state index contributed by atoms with van der Waals surface area (Å²) in [5.41, 5.74) is 2.78. The molecule has 0 spiro atoms. The first kappa shape index (κ1) is 11.8. The predicted molar refractivity (Wildman–Crippen MR) is 76.7 cm³/mol. The van der Waals surface area contributed by atoms with E-state index >= 15 is 0 Å². The number of likely N-dealkylation sites (tertiary alicyclic amines) is 1. The molecule has 2 heterocycles. The van der Waals surface area contributed by atoms with Gasteiger partial charge in [-0.05, 0) is 56.4 Å². The number of benzene rings is 1. The van der Waals surface area contributed by atoms with Gasteiger partial charge in [0.2, 0.25) is 0 Å². The summed E-state index contributed by atoms with van der Waals surface area (Å²) in [6, 6.07) is 8.64. The molecule has 1 radical (unpaired) electrons. The second-order valence-electron chi connectivity index (χ2n) is 5.26. The summed E-state index contributed by atoms with van der Waals surface area (Å²) < 4.78 is 0. The van der Waals surface area contributed by atoms with Gasteiger partial charge in [-0.25, -0.2) is 0 Å². The Hall–Kier alpha value is -1.28. The SMILES string of the molecule is [CH2]CCN1CCC(c2c[nH]c3ccccc23)CC1. The standard InChI is InChI=1S/C16H21N2/c1-2-9-18-10-7-13(8-11-18)15-12-17-16-6-4-3-5-14(15)16/h3-6,12-13,17H,1-2,7-11H2. The largest absolute Gasteiger partial charge is 0.361 e. The van der Waals surface area contributed by atoms with Crippen LogP contribution in [0.4, 0.5) is 0 Å². The molecule has 2 aromatic rings. The minimum absolute atomic E-state index is 0.724. The zero-order valence-electron chi connectivity index (χ0n) is 10.9. The molecule has 2 heteroatoms. The van der Waals surface area contributed by atoms with Crippen molar-refractivity contribution in [3.8, 4) is 0 Å². The molecule has 0 aliphatic carbocycles. The molecule has 0 amide bonds. The van der Waals surface area contributed by atoms with Crippen LogP contribution in [-0.2, 0) is 0 Å². The molecule has 1 aliphatic rings. The maximum atomic E-state index is 3.94. The lowest BCUT2D eigenvalue weighted by Gasteiger charge is -2.31. The number of hydrogen-bond acceptors (Lipinski definition) is 1. The minimum atomic E-state index is 0.724. The van der Waals surface area contributed by atoms with Gasteiger partial charge in [0.05, 0.1) is 0 Å². The Morgan fingerprint density at radius 1 is 1.22 bits per heavy atom. The minimum Gasteiger partial charge on any atom is -0.361 e. The van der Waals surface area contributed by atoms with E-state index in [1.807, 2.05) is 0 Å². The van der Waals surface area contributed by atoms with Gasteiger partial charge < -0.3 is 9.88 Å². The number of nitrogens with one attached hydrogen (secondary N) is 1. The van der Waals surface area contributed by atoms with E-state index in [1.54, 1.807) is 0 Å². The van der Waals surface area contributed by atoms with E-state index in [1.165, 1.54) is 42.4 Å². The fourth-order valence-corrected chi connectivity index (χ4v) is 3.12. The Kier molecular flexibility index (Phi) is 3.37. The van der Waals surface area contributed by atoms with Crippen LogP contribution < -0.4 is 0 Å². The van der Waals surface area contributed by atoms with Gasteiger partial charge >= 0.3 is 0 Å². The van der Waals surface area contributed by atoms with E-state index in [0.717, 1.165) is 18.9 Å². The highest BCUT2D eigenvalue weighted by molar-refractivity contribution is 5.83. The molecule has 95 valence electrons. The third kappa shape index (κ3) is 2.17. The molecule has 1 N–H and O–H groups in total. The zero-order valence-corrected chi connectivity index (χ0v) is 10.9. The molecule has 0 unspecified atom stereocenters. The highest BCUT2D eigenvalue weighted by Crippen LogP contribution is 2.32. The normalized spacial score (nSPS) is 18.5. The molecular weight excluding hydrogens is 220 g/mol. The van der Waals surface area contributed by atoms with E-state index in [9.17, 15) is 0 Å². The summed E-state index contributed by atoms with van der Waals surface area (Å²) in [5.74, 6) is 0.724. The fourth-order valence-electron chi connectivity index (χ4n) is 3.12. The van der Waals surface area contributed by atoms with Gasteiger partial charge in [-0.3, -0.25) is 0 Å². The summed E-state index contributed by atoms with van der Waals surface area (Å²) in [6.45, 7) is 7.54. The van der Waals surface area contributed by atoms with Gasteiger partial charge in [-0.2, -0.15) is 0 Å². The quantitative estimate of drug-likeness (QED) is 0.870. The summed E-state index contributed by atoms with van der Waals surface area (Å²) >= 11 is 0. The molecule has 0 saturated carbocycles. The second-order valence-corrected chi connectivity index (χ2v) is 5.26. The van der Waals surface area contributed by atoms with Gasteiger partial charge in [0.15, 0.2) is 0 Å². The lowest BCUT2D eigenvalue weighted by Crippen LogP contribution is -2.33. The molecule has 18 heavy (non-hydrogen) atoms. The van der Waals surface area contributed by atoms with Gasteiger partial charge in [0.25, 0.3) is 0 Å². The van der Waals surface area contributed by atoms with Crippen LogP contribution in [0, 0.1) is 6.92 Å². The molecular formula is C16H21N2. The average Bonchev–Trinajstić information content (AvgIpc) is 2.84. The van der Waals surface area contributed by atoms with E-state index in [-0.39, 0.29) is 0 Å². The van der Waals surface area contributed by atoms with E-state index in [2.05, 4.69) is 47.3 Å². The van der Waals surface area contributed by atoms with Crippen LogP contribution in [0.3, 0.4) is 0 Å². The Morgan fingerprint density at radius 2 is 2.00 bits per heavy atom. The van der Waals surface area contributed by atoms with Crippen molar-refractivity contribution in [3.05, 3.63) is 42.9 Å². The maximum Gasteiger partial charge on any atom is 0.0456 e. The number of rotatable bonds is 3. The number of piperidine rings is 1. The lowest BCUT2D eigenvalue weighted by atomic mass is 9.89. The molecule has 3 rings (SSSR count). The highest BCUT2D eigenvalue weighted by Gasteiger charge is 2.21. The van der Waals surface area contributed by atoms with Crippen LogP contribution in [-0.4, -0.2) is 29.5 Å². The Balaban J connectivity index is 1.76. The molecule has 1 saturated heterocycles. The van der Waals surface area contributed by atoms with Crippen molar-refractivity contribution in [3.63, 3.8) is 0 Å². The first-order chi connectivity index (χ1) is 8.88. The van der Waals surface area contributed by atoms with Crippen molar-refractivity contribution in [2.24, 2.45) is 0 Å². The first-order valence-corrected chi connectivity index (χ1v) is 6.96. The van der Waals surface area contributed by atoms with Crippen molar-refractivity contribution >= 4 is 10.9 Å². The van der Waals surface area contributed by atoms with Crippen LogP contribution in [0.25, 0.3) is 10.9 Å². The van der Waals surface area contributed by atoms with Crippen LogP contribution in [0.2, 0.25) is 0 Å². The fraction of sp³-hybridized carbons (Fsp3) is 0.438. The Bertz CT molecular complexity index is 507. The average molecular weight is 241 g/mol. The van der Waals surface area contributed by atoms with Crippen molar-refractivity contribution in [2.75, 3.05) is 19.6 Å². The van der Waals surface area contributed by atoms with Crippen molar-refractivity contribution in [1.82, 2.24) is 9.88 Å². The van der Waals surface area contributed by atoms with Gasteiger partial charge in [-0.1, -0.05) is 25.1 Å². The molecule has 0 bridgehead atoms. The highest BCUT2D eigenvalue weighted by atomic mass is 15.1. The summed E-state index contributed by atoms with van der Waals surface area (Å²) in [4.78, 5) is 5.94. The Morgan fingerprint density at radius 3 is 2.78 bits per heavy atom. The predicted octanol–water partition coefficient (Wildman–Crippen LogP) is 3.57. The molecule has 1 aromatic carbocycles. The van der Waals surface area contributed by atoms with Crippen LogP contribution in [0.1, 0.15) is 30.7 Å². The number of para-hydroxylation sites is 1. The summed E-state index contributed by atoms with van der Waals surface area (Å²) in [7, 11) is 0. The van der Waals surface area contributed by atoms with Gasteiger partial charge in [0, 0.05) is 17.1 Å². The molecule has 0 atom stereocenters. The lowest BCUT2D eigenvalue weighted by molar-refractivity contribution is 0.216. The van der Waals surface area contributed by atoms with Crippen molar-refractivity contribution in [1.29, 1.82) is 0 Å². The number of H-pyrrole nitrogens is 1. The number of nitrogens with zero attached hydrogens (tertiary/aromatic N) is 1. The van der Waals surface area contributed by atoms with Crippen molar-refractivity contribution in [2.45, 2.75) is 25.2 Å². The van der Waals surface area contributed by atoms with E-state index in [4.69, 9.17) is 0 Å². The number of fused-ring (bicyclic) bond motifs is 1. The monoisotopic (exact) mass is 241 g/mol. The summed E-state index contributed by atoms with van der Waals surface area (Å²) in [6.07, 6.45) is 5.80. The topological polar surface area (TPSA) is 19.0 Å². The summed E-state index contributed by atoms with van der Waals surface area (Å²) in [5, 5.41) is 1.41. The second kappa shape index (κ2) is 5.15. The number of aromatic amines is 1. The zero-order chi connectivity index (χ0) is 12.4. The van der Waals surface area contributed by atoms with Gasteiger partial charge in [-0.15, -0.1) is 0 Å². The number of hydrogen-bond donors (Lipinski definition) is 1. The van der Waals surface area contributed by atoms with E-state index < -0.39 is 0 Å².